The molecule has 0 aromatic carbocycles. The van der Waals surface area contributed by atoms with Crippen LogP contribution >= 0.6 is 0 Å². The van der Waals surface area contributed by atoms with Gasteiger partial charge >= 0.3 is 23.9 Å². The molecule has 0 atom stereocenters. The molecule has 0 rings (SSSR count). The lowest BCUT2D eigenvalue weighted by Gasteiger charge is -2.41. The summed E-state index contributed by atoms with van der Waals surface area (Å²) >= 11 is 0. The van der Waals surface area contributed by atoms with Gasteiger partial charge in [0, 0.05) is 18.6 Å². The molecule has 2 N–H and O–H groups in total. The van der Waals surface area contributed by atoms with Gasteiger partial charge in [0.1, 0.15) is 0 Å². The van der Waals surface area contributed by atoms with Crippen molar-refractivity contribution in [2.75, 3.05) is 13.2 Å². The van der Waals surface area contributed by atoms with Gasteiger partial charge in [-0.2, -0.15) is 9.78 Å². The van der Waals surface area contributed by atoms with Crippen molar-refractivity contribution in [2.24, 2.45) is 16.2 Å². The van der Waals surface area contributed by atoms with Crippen LogP contribution in [0.4, 0.5) is 0 Å². The highest BCUT2D eigenvalue weighted by atomic mass is 17.2. The Balaban J connectivity index is 5.59. The average Bonchev–Trinajstić information content (AvgIpc) is 2.65. The number of carbonyl (C=O) groups excluding carboxylic acids is 2. The molecular formula is C22H34O10. The van der Waals surface area contributed by atoms with E-state index in [4.69, 9.17) is 14.9 Å². The molecule has 0 unspecified atom stereocenters. The Hall–Kier alpha value is -2.72. The zero-order chi connectivity index (χ0) is 25.0. The van der Waals surface area contributed by atoms with E-state index in [0.717, 1.165) is 12.2 Å². The summed E-state index contributed by atoms with van der Waals surface area (Å²) in [4.78, 5) is 64.8. The van der Waals surface area contributed by atoms with E-state index >= 15 is 0 Å². The normalized spacial score (nSPS) is 12.0. The number of carboxylic acids is 2. The Bertz CT molecular complexity index is 653. The SMILES string of the molecule is C=CC(=O)OOCC(C)(C)CC(CCCC(=O)O)(CC(C)(C)COOC(=O)C=C)C(=O)O. The Labute approximate surface area is 188 Å². The van der Waals surface area contributed by atoms with Crippen molar-refractivity contribution in [3.05, 3.63) is 25.3 Å². The van der Waals surface area contributed by atoms with E-state index in [-0.39, 0.29) is 45.3 Å². The predicted octanol–water partition coefficient (Wildman–Crippen LogP) is 3.47. The Kier molecular flexibility index (Phi) is 11.9. The van der Waals surface area contributed by atoms with Crippen molar-refractivity contribution in [2.45, 2.75) is 59.8 Å². The largest absolute Gasteiger partial charge is 0.481 e. The molecule has 0 spiro atoms. The second-order valence-electron chi connectivity index (χ2n) is 9.25. The summed E-state index contributed by atoms with van der Waals surface area (Å²) in [5.74, 6) is -3.68. The molecule has 0 radical (unpaired) electrons. The first-order valence-corrected chi connectivity index (χ1v) is 10.1. The predicted molar refractivity (Wildman–Crippen MR) is 113 cm³/mol. The fourth-order valence-corrected chi connectivity index (χ4v) is 3.57. The van der Waals surface area contributed by atoms with Crippen LogP contribution in [0.3, 0.4) is 0 Å². The summed E-state index contributed by atoms with van der Waals surface area (Å²) in [6, 6.07) is 0. The van der Waals surface area contributed by atoms with Crippen molar-refractivity contribution in [3.8, 4) is 0 Å². The average molecular weight is 459 g/mol. The maximum atomic E-state index is 12.5. The number of carbonyl (C=O) groups is 4. The fraction of sp³-hybridized carbons (Fsp3) is 0.636. The minimum Gasteiger partial charge on any atom is -0.481 e. The molecule has 0 bridgehead atoms. The van der Waals surface area contributed by atoms with Gasteiger partial charge in [-0.05, 0) is 36.5 Å². The lowest BCUT2D eigenvalue weighted by Crippen LogP contribution is -2.42. The van der Waals surface area contributed by atoms with Crippen LogP contribution in [0.1, 0.15) is 59.8 Å². The standard InChI is InChI=1S/C22H34O10/c1-7-17(25)31-29-14-20(3,4)12-22(19(27)28,11-9-10-16(23)24)13-21(5,6)15-30-32-18(26)8-2/h7-8H,1-2,9-15H2,3-6H3,(H,23,24)(H,27,28). The smallest absolute Gasteiger partial charge is 0.365 e. The molecule has 10 heteroatoms. The van der Waals surface area contributed by atoms with Gasteiger partial charge in [0.25, 0.3) is 0 Å². The first kappa shape index (κ1) is 29.3. The van der Waals surface area contributed by atoms with Gasteiger partial charge in [0.2, 0.25) is 0 Å². The summed E-state index contributed by atoms with van der Waals surface area (Å²) in [5.41, 5.74) is -2.86. The van der Waals surface area contributed by atoms with Crippen LogP contribution in [0.25, 0.3) is 0 Å². The lowest BCUT2D eigenvalue weighted by atomic mass is 9.63. The highest BCUT2D eigenvalue weighted by molar-refractivity contribution is 5.80. The highest BCUT2D eigenvalue weighted by Gasteiger charge is 2.46. The molecule has 182 valence electrons. The molecule has 0 heterocycles. The number of rotatable bonds is 17. The van der Waals surface area contributed by atoms with E-state index < -0.39 is 40.1 Å². The summed E-state index contributed by atoms with van der Waals surface area (Å²) in [7, 11) is 0. The van der Waals surface area contributed by atoms with Crippen LogP contribution in [0, 0.1) is 16.2 Å². The summed E-state index contributed by atoms with van der Waals surface area (Å²) < 4.78 is 0. The number of hydrogen-bond acceptors (Lipinski definition) is 8. The number of aliphatic carboxylic acids is 2. The van der Waals surface area contributed by atoms with Crippen molar-refractivity contribution in [1.29, 1.82) is 0 Å². The van der Waals surface area contributed by atoms with Crippen LogP contribution < -0.4 is 0 Å². The summed E-state index contributed by atoms with van der Waals surface area (Å²) in [6.45, 7) is 13.3. The van der Waals surface area contributed by atoms with Crippen molar-refractivity contribution in [3.63, 3.8) is 0 Å². The van der Waals surface area contributed by atoms with Crippen LogP contribution in [-0.2, 0) is 38.7 Å². The van der Waals surface area contributed by atoms with Crippen molar-refractivity contribution >= 4 is 23.9 Å². The van der Waals surface area contributed by atoms with Crippen LogP contribution in [0.15, 0.2) is 25.3 Å². The molecule has 0 amide bonds. The monoisotopic (exact) mass is 458 g/mol. The van der Waals surface area contributed by atoms with Crippen LogP contribution in [-0.4, -0.2) is 47.3 Å². The van der Waals surface area contributed by atoms with Gasteiger partial charge in [-0.25, -0.2) is 9.59 Å². The van der Waals surface area contributed by atoms with E-state index in [1.807, 2.05) is 0 Å². The second kappa shape index (κ2) is 13.0. The van der Waals surface area contributed by atoms with E-state index in [9.17, 15) is 24.3 Å². The third-order valence-corrected chi connectivity index (χ3v) is 4.65. The molecule has 0 aliphatic carbocycles. The zero-order valence-electron chi connectivity index (χ0n) is 19.2. The van der Waals surface area contributed by atoms with Gasteiger partial charge in [-0.3, -0.25) is 19.4 Å². The van der Waals surface area contributed by atoms with Gasteiger partial charge < -0.3 is 10.2 Å². The number of hydrogen-bond donors (Lipinski definition) is 2. The summed E-state index contributed by atoms with van der Waals surface area (Å²) in [5, 5.41) is 19.2. The lowest BCUT2D eigenvalue weighted by molar-refractivity contribution is -0.283. The molecule has 0 aliphatic rings. The van der Waals surface area contributed by atoms with Crippen LogP contribution in [0.2, 0.25) is 0 Å². The van der Waals surface area contributed by atoms with Gasteiger partial charge in [0.05, 0.1) is 18.6 Å². The van der Waals surface area contributed by atoms with E-state index in [1.165, 1.54) is 0 Å². The van der Waals surface area contributed by atoms with Crippen molar-refractivity contribution < 1.29 is 48.9 Å². The maximum absolute atomic E-state index is 12.5. The first-order valence-electron chi connectivity index (χ1n) is 10.1. The molecule has 0 saturated carbocycles. The minimum absolute atomic E-state index is 0.0837. The van der Waals surface area contributed by atoms with E-state index in [0.29, 0.717) is 0 Å². The topological polar surface area (TPSA) is 146 Å². The molecule has 0 aromatic rings. The first-order chi connectivity index (χ1) is 14.7. The second-order valence-corrected chi connectivity index (χ2v) is 9.25. The van der Waals surface area contributed by atoms with Crippen LogP contribution in [0.5, 0.6) is 0 Å². The fourth-order valence-electron chi connectivity index (χ4n) is 3.57. The Morgan fingerprint density at radius 3 is 1.53 bits per heavy atom. The maximum Gasteiger partial charge on any atom is 0.365 e. The molecule has 0 aliphatic heterocycles. The molecule has 0 fully saturated rings. The molecule has 32 heavy (non-hydrogen) atoms. The minimum atomic E-state index is -1.35. The van der Waals surface area contributed by atoms with Crippen molar-refractivity contribution in [1.82, 2.24) is 0 Å². The van der Waals surface area contributed by atoms with Gasteiger partial charge in [0.15, 0.2) is 0 Å². The molecular weight excluding hydrogens is 424 g/mol. The van der Waals surface area contributed by atoms with Gasteiger partial charge in [-0.15, -0.1) is 0 Å². The Morgan fingerprint density at radius 1 is 0.812 bits per heavy atom. The molecule has 0 saturated heterocycles. The summed E-state index contributed by atoms with van der Waals surface area (Å²) in [6.07, 6.45) is 2.10. The third-order valence-electron chi connectivity index (χ3n) is 4.65. The zero-order valence-corrected chi connectivity index (χ0v) is 19.2. The van der Waals surface area contributed by atoms with Gasteiger partial charge in [-0.1, -0.05) is 40.9 Å². The third kappa shape index (κ3) is 11.6. The van der Waals surface area contributed by atoms with E-state index in [1.54, 1.807) is 27.7 Å². The number of carboxylic acid groups (broad SMARTS) is 2. The molecule has 10 nitrogen and oxygen atoms in total. The highest BCUT2D eigenvalue weighted by Crippen LogP contribution is 2.46. The van der Waals surface area contributed by atoms with E-state index in [2.05, 4.69) is 22.9 Å². The Morgan fingerprint density at radius 2 is 1.22 bits per heavy atom. The quantitative estimate of drug-likeness (QED) is 0.189. The molecule has 0 aromatic heterocycles.